The monoisotopic (exact) mass is 313 g/mol. The lowest BCUT2D eigenvalue weighted by molar-refractivity contribution is -0.132. The molecule has 122 valence electrons. The number of aromatic nitrogens is 1. The zero-order valence-electron chi connectivity index (χ0n) is 13.5. The highest BCUT2D eigenvalue weighted by molar-refractivity contribution is 5.80. The molecule has 1 aromatic carbocycles. The van der Waals surface area contributed by atoms with Crippen molar-refractivity contribution >= 4 is 16.8 Å². The molecule has 0 aliphatic carbocycles. The van der Waals surface area contributed by atoms with Crippen LogP contribution in [0.25, 0.3) is 10.9 Å². The Bertz CT molecular complexity index is 689. The molecule has 1 aromatic heterocycles. The fourth-order valence-electron chi connectivity index (χ4n) is 3.05. The lowest BCUT2D eigenvalue weighted by atomic mass is 10.1. The van der Waals surface area contributed by atoms with Crippen LogP contribution in [-0.2, 0) is 11.3 Å². The number of β-amino-alcohol motifs (C(OH)–C–C–N with tert-alkyl or cyclic N) is 1. The van der Waals surface area contributed by atoms with E-state index in [0.717, 1.165) is 35.9 Å². The average molecular weight is 313 g/mol. The Labute approximate surface area is 136 Å². The van der Waals surface area contributed by atoms with Gasteiger partial charge < -0.3 is 10.0 Å². The molecule has 1 N–H and O–H groups in total. The van der Waals surface area contributed by atoms with Crippen molar-refractivity contribution in [3.63, 3.8) is 0 Å². The Balaban J connectivity index is 1.60. The summed E-state index contributed by atoms with van der Waals surface area (Å²) in [4.78, 5) is 20.6. The number of nitrogens with zero attached hydrogens (tertiary/aromatic N) is 3. The number of likely N-dealkylation sites (N-methyl/N-ethyl adjacent to an activating group) is 1. The second-order valence-corrected chi connectivity index (χ2v) is 6.32. The SMILES string of the molecule is CN(Cc1cnc2ccccc2c1)C(=O)CN1CCC[C@@H](O)C1. The minimum Gasteiger partial charge on any atom is -0.392 e. The number of para-hydroxylation sites is 1. The van der Waals surface area contributed by atoms with Gasteiger partial charge in [-0.05, 0) is 37.1 Å². The molecule has 1 fully saturated rings. The van der Waals surface area contributed by atoms with Gasteiger partial charge in [-0.25, -0.2) is 0 Å². The molecule has 1 aliphatic rings. The predicted octanol–water partition coefficient (Wildman–Crippen LogP) is 1.65. The van der Waals surface area contributed by atoms with Crippen LogP contribution in [-0.4, -0.2) is 58.6 Å². The first-order valence-electron chi connectivity index (χ1n) is 8.10. The number of hydrogen-bond donors (Lipinski definition) is 1. The number of piperidine rings is 1. The number of pyridine rings is 1. The van der Waals surface area contributed by atoms with Crippen molar-refractivity contribution in [1.82, 2.24) is 14.8 Å². The molecule has 0 saturated carbocycles. The number of rotatable bonds is 4. The highest BCUT2D eigenvalue weighted by Gasteiger charge is 2.21. The summed E-state index contributed by atoms with van der Waals surface area (Å²) in [5, 5.41) is 10.8. The van der Waals surface area contributed by atoms with Gasteiger partial charge in [0.15, 0.2) is 0 Å². The van der Waals surface area contributed by atoms with Crippen LogP contribution in [0, 0.1) is 0 Å². The fourth-order valence-corrected chi connectivity index (χ4v) is 3.05. The van der Waals surface area contributed by atoms with E-state index in [1.165, 1.54) is 0 Å². The summed E-state index contributed by atoms with van der Waals surface area (Å²) in [5.41, 5.74) is 1.99. The molecule has 2 aromatic rings. The summed E-state index contributed by atoms with van der Waals surface area (Å²) in [7, 11) is 1.82. The lowest BCUT2D eigenvalue weighted by Gasteiger charge is -2.30. The van der Waals surface area contributed by atoms with E-state index >= 15 is 0 Å². The number of hydrogen-bond acceptors (Lipinski definition) is 4. The Morgan fingerprint density at radius 3 is 3.09 bits per heavy atom. The van der Waals surface area contributed by atoms with Gasteiger partial charge in [-0.1, -0.05) is 18.2 Å². The summed E-state index contributed by atoms with van der Waals surface area (Å²) < 4.78 is 0. The van der Waals surface area contributed by atoms with E-state index in [2.05, 4.69) is 11.1 Å². The van der Waals surface area contributed by atoms with Crippen molar-refractivity contribution in [2.24, 2.45) is 0 Å². The highest BCUT2D eigenvalue weighted by atomic mass is 16.3. The molecule has 1 aliphatic heterocycles. The predicted molar refractivity (Wildman–Crippen MR) is 89.9 cm³/mol. The van der Waals surface area contributed by atoms with Gasteiger partial charge >= 0.3 is 0 Å². The maximum Gasteiger partial charge on any atom is 0.236 e. The Hall–Kier alpha value is -1.98. The Kier molecular flexibility index (Phi) is 4.88. The number of benzene rings is 1. The molecule has 0 radical (unpaired) electrons. The van der Waals surface area contributed by atoms with Crippen molar-refractivity contribution in [3.8, 4) is 0 Å². The van der Waals surface area contributed by atoms with Gasteiger partial charge in [0.2, 0.25) is 5.91 Å². The van der Waals surface area contributed by atoms with E-state index in [1.807, 2.05) is 42.4 Å². The number of aliphatic hydroxyl groups excluding tert-OH is 1. The van der Waals surface area contributed by atoms with Gasteiger partial charge in [0, 0.05) is 31.7 Å². The third kappa shape index (κ3) is 4.06. The summed E-state index contributed by atoms with van der Waals surface area (Å²) in [6.45, 7) is 2.40. The van der Waals surface area contributed by atoms with Gasteiger partial charge in [-0.2, -0.15) is 0 Å². The molecule has 0 unspecified atom stereocenters. The number of likely N-dealkylation sites (tertiary alicyclic amines) is 1. The smallest absolute Gasteiger partial charge is 0.236 e. The third-order valence-electron chi connectivity index (χ3n) is 4.33. The van der Waals surface area contributed by atoms with Crippen molar-refractivity contribution in [3.05, 3.63) is 42.1 Å². The average Bonchev–Trinajstić information content (AvgIpc) is 2.54. The highest BCUT2D eigenvalue weighted by Crippen LogP contribution is 2.14. The minimum atomic E-state index is -0.299. The van der Waals surface area contributed by atoms with E-state index in [4.69, 9.17) is 0 Å². The lowest BCUT2D eigenvalue weighted by Crippen LogP contribution is -2.44. The van der Waals surface area contributed by atoms with Gasteiger partial charge in [0.1, 0.15) is 0 Å². The summed E-state index contributed by atoms with van der Waals surface area (Å²) in [5.74, 6) is 0.0762. The largest absolute Gasteiger partial charge is 0.392 e. The zero-order chi connectivity index (χ0) is 16.2. The standard InChI is InChI=1S/C18H23N3O2/c1-20(18(23)13-21-8-4-6-16(22)12-21)11-14-9-15-5-2-3-7-17(15)19-10-14/h2-3,5,7,9-10,16,22H,4,6,8,11-13H2,1H3/t16-/m1/s1. The van der Waals surface area contributed by atoms with Crippen molar-refractivity contribution in [1.29, 1.82) is 0 Å². The molecule has 5 heteroatoms. The summed E-state index contributed by atoms with van der Waals surface area (Å²) >= 11 is 0. The minimum absolute atomic E-state index is 0.0762. The van der Waals surface area contributed by atoms with E-state index in [0.29, 0.717) is 19.6 Å². The van der Waals surface area contributed by atoms with E-state index in [9.17, 15) is 9.90 Å². The maximum absolute atomic E-state index is 12.4. The van der Waals surface area contributed by atoms with Crippen molar-refractivity contribution in [2.75, 3.05) is 26.7 Å². The number of carbonyl (C=O) groups is 1. The van der Waals surface area contributed by atoms with Crippen LogP contribution in [0.1, 0.15) is 18.4 Å². The van der Waals surface area contributed by atoms with Gasteiger partial charge in [-0.15, -0.1) is 0 Å². The number of amides is 1. The molecule has 1 saturated heterocycles. The third-order valence-corrected chi connectivity index (χ3v) is 4.33. The molecule has 0 spiro atoms. The van der Waals surface area contributed by atoms with Crippen LogP contribution in [0.4, 0.5) is 0 Å². The molecule has 5 nitrogen and oxygen atoms in total. The van der Waals surface area contributed by atoms with Crippen LogP contribution in [0.2, 0.25) is 0 Å². The Morgan fingerprint density at radius 2 is 2.26 bits per heavy atom. The van der Waals surface area contributed by atoms with Crippen molar-refractivity contribution in [2.45, 2.75) is 25.5 Å². The number of carbonyl (C=O) groups excluding carboxylic acids is 1. The maximum atomic E-state index is 12.4. The van der Waals surface area contributed by atoms with Crippen LogP contribution in [0.15, 0.2) is 36.5 Å². The second-order valence-electron chi connectivity index (χ2n) is 6.32. The van der Waals surface area contributed by atoms with Gasteiger partial charge in [-0.3, -0.25) is 14.7 Å². The van der Waals surface area contributed by atoms with Crippen LogP contribution in [0.5, 0.6) is 0 Å². The van der Waals surface area contributed by atoms with Gasteiger partial charge in [0.25, 0.3) is 0 Å². The fraction of sp³-hybridized carbons (Fsp3) is 0.444. The van der Waals surface area contributed by atoms with E-state index in [-0.39, 0.29) is 12.0 Å². The van der Waals surface area contributed by atoms with Crippen LogP contribution >= 0.6 is 0 Å². The molecule has 1 amide bonds. The molecule has 3 rings (SSSR count). The summed E-state index contributed by atoms with van der Waals surface area (Å²) in [6.07, 6.45) is 3.32. The first-order valence-corrected chi connectivity index (χ1v) is 8.10. The molecule has 2 heterocycles. The van der Waals surface area contributed by atoms with Crippen LogP contribution in [0.3, 0.4) is 0 Å². The zero-order valence-corrected chi connectivity index (χ0v) is 13.5. The molecule has 0 bridgehead atoms. The summed E-state index contributed by atoms with van der Waals surface area (Å²) in [6, 6.07) is 10.1. The normalized spacial score (nSPS) is 19.0. The molecule has 23 heavy (non-hydrogen) atoms. The second kappa shape index (κ2) is 7.06. The molecular weight excluding hydrogens is 290 g/mol. The number of fused-ring (bicyclic) bond motifs is 1. The molecule has 1 atom stereocenters. The first-order chi connectivity index (χ1) is 11.1. The number of aliphatic hydroxyl groups is 1. The molecular formula is C18H23N3O2. The van der Waals surface area contributed by atoms with E-state index in [1.54, 1.807) is 4.90 Å². The Morgan fingerprint density at radius 1 is 1.43 bits per heavy atom. The van der Waals surface area contributed by atoms with Crippen molar-refractivity contribution < 1.29 is 9.90 Å². The first kappa shape index (κ1) is 15.9. The van der Waals surface area contributed by atoms with Gasteiger partial charge in [0.05, 0.1) is 18.2 Å². The van der Waals surface area contributed by atoms with E-state index < -0.39 is 0 Å². The van der Waals surface area contributed by atoms with Crippen LogP contribution < -0.4 is 0 Å². The quantitative estimate of drug-likeness (QED) is 0.932. The topological polar surface area (TPSA) is 56.7 Å².